The first kappa shape index (κ1) is 22.0. The van der Waals surface area contributed by atoms with Gasteiger partial charge in [0.25, 0.3) is 0 Å². The van der Waals surface area contributed by atoms with Gasteiger partial charge in [0, 0.05) is 47.5 Å². The van der Waals surface area contributed by atoms with Gasteiger partial charge in [-0.3, -0.25) is 0 Å². The van der Waals surface area contributed by atoms with Crippen LogP contribution < -0.4 is 10.6 Å². The fourth-order valence-electron chi connectivity index (χ4n) is 3.76. The van der Waals surface area contributed by atoms with Crippen molar-refractivity contribution in [3.63, 3.8) is 0 Å². The van der Waals surface area contributed by atoms with E-state index in [4.69, 9.17) is 22.3 Å². The minimum Gasteiger partial charge on any atom is -0.383 e. The Bertz CT molecular complexity index is 1280. The molecule has 0 aliphatic carbocycles. The quantitative estimate of drug-likeness (QED) is 0.457. The van der Waals surface area contributed by atoms with Gasteiger partial charge >= 0.3 is 0 Å². The second-order valence-corrected chi connectivity index (χ2v) is 8.59. The molecule has 0 atom stereocenters. The molecule has 0 amide bonds. The van der Waals surface area contributed by atoms with Gasteiger partial charge in [-0.1, -0.05) is 23.7 Å². The smallest absolute Gasteiger partial charge is 0.165 e. The topological polar surface area (TPSA) is 62.7 Å². The van der Waals surface area contributed by atoms with Crippen molar-refractivity contribution in [1.82, 2.24) is 19.5 Å². The molecule has 2 aromatic carbocycles. The highest BCUT2D eigenvalue weighted by molar-refractivity contribution is 6.30. The van der Waals surface area contributed by atoms with Crippen LogP contribution in [0.25, 0.3) is 27.9 Å². The molecule has 0 fully saturated rings. The molecule has 0 radical (unpaired) electrons. The number of anilines is 2. The van der Waals surface area contributed by atoms with Crippen LogP contribution in [-0.2, 0) is 0 Å². The number of nitrogen functional groups attached to an aromatic ring is 1. The second-order valence-electron chi connectivity index (χ2n) is 8.15. The largest absolute Gasteiger partial charge is 0.383 e. The van der Waals surface area contributed by atoms with Gasteiger partial charge in [0.05, 0.1) is 11.9 Å². The van der Waals surface area contributed by atoms with E-state index in [0.29, 0.717) is 27.6 Å². The predicted octanol–water partition coefficient (Wildman–Crippen LogP) is 4.74. The van der Waals surface area contributed by atoms with Crippen molar-refractivity contribution in [1.29, 1.82) is 0 Å². The van der Waals surface area contributed by atoms with E-state index in [2.05, 4.69) is 14.9 Å². The van der Waals surface area contributed by atoms with Crippen LogP contribution in [-0.4, -0.2) is 53.7 Å². The molecular weight excluding hydrogens is 427 g/mol. The number of hydrogen-bond donors (Lipinski definition) is 1. The third-order valence-corrected chi connectivity index (χ3v) is 5.78. The lowest BCUT2D eigenvalue weighted by Gasteiger charge is -2.22. The van der Waals surface area contributed by atoms with E-state index >= 15 is 0 Å². The van der Waals surface area contributed by atoms with Crippen LogP contribution in [0, 0.1) is 12.7 Å². The number of benzene rings is 2. The van der Waals surface area contributed by atoms with Gasteiger partial charge in [-0.15, -0.1) is 0 Å². The van der Waals surface area contributed by atoms with Crippen LogP contribution >= 0.6 is 11.6 Å². The van der Waals surface area contributed by atoms with Crippen LogP contribution in [0.1, 0.15) is 5.69 Å². The van der Waals surface area contributed by atoms with Crippen LogP contribution in [0.15, 0.2) is 48.7 Å². The zero-order chi connectivity index (χ0) is 23.0. The van der Waals surface area contributed by atoms with Crippen molar-refractivity contribution in [2.45, 2.75) is 6.92 Å². The van der Waals surface area contributed by atoms with Crippen LogP contribution in [0.2, 0.25) is 5.02 Å². The molecule has 0 saturated carbocycles. The second kappa shape index (κ2) is 8.76. The van der Waals surface area contributed by atoms with Gasteiger partial charge < -0.3 is 15.5 Å². The maximum absolute atomic E-state index is 14.9. The Morgan fingerprint density at radius 2 is 1.84 bits per heavy atom. The molecule has 0 bridgehead atoms. The monoisotopic (exact) mass is 452 g/mol. The summed E-state index contributed by atoms with van der Waals surface area (Å²) in [4.78, 5) is 8.95. The fourth-order valence-corrected chi connectivity index (χ4v) is 3.95. The summed E-state index contributed by atoms with van der Waals surface area (Å²) in [5.41, 5.74) is 11.3. The molecule has 2 heterocycles. The van der Waals surface area contributed by atoms with Gasteiger partial charge in [-0.25, -0.2) is 9.37 Å². The van der Waals surface area contributed by atoms with E-state index in [9.17, 15) is 4.39 Å². The van der Waals surface area contributed by atoms with Crippen molar-refractivity contribution >= 4 is 28.8 Å². The molecule has 166 valence electrons. The number of aryl methyl sites for hydroxylation is 1. The molecule has 0 spiro atoms. The van der Waals surface area contributed by atoms with Gasteiger partial charge in [-0.2, -0.15) is 9.61 Å². The van der Waals surface area contributed by atoms with E-state index in [1.807, 2.05) is 52.3 Å². The zero-order valence-corrected chi connectivity index (χ0v) is 19.4. The Hall–Kier alpha value is -3.16. The van der Waals surface area contributed by atoms with Gasteiger partial charge in [0.15, 0.2) is 5.65 Å². The first-order chi connectivity index (χ1) is 15.3. The Morgan fingerprint density at radius 3 is 2.56 bits per heavy atom. The average Bonchev–Trinajstić information content (AvgIpc) is 3.16. The van der Waals surface area contributed by atoms with E-state index in [0.717, 1.165) is 35.6 Å². The van der Waals surface area contributed by atoms with E-state index in [-0.39, 0.29) is 5.82 Å². The van der Waals surface area contributed by atoms with Crippen molar-refractivity contribution in [2.24, 2.45) is 0 Å². The minimum absolute atomic E-state index is 0.332. The van der Waals surface area contributed by atoms with Crippen molar-refractivity contribution in [3.8, 4) is 22.3 Å². The predicted molar refractivity (Wildman–Crippen MR) is 130 cm³/mol. The van der Waals surface area contributed by atoms with Crippen LogP contribution in [0.3, 0.4) is 0 Å². The van der Waals surface area contributed by atoms with Crippen LogP contribution in [0.4, 0.5) is 15.9 Å². The Labute approximate surface area is 192 Å². The summed E-state index contributed by atoms with van der Waals surface area (Å²) in [7, 11) is 6.05. The van der Waals surface area contributed by atoms with Gasteiger partial charge in [0.2, 0.25) is 0 Å². The maximum atomic E-state index is 14.9. The fraction of sp³-hybridized carbons (Fsp3) is 0.250. The summed E-state index contributed by atoms with van der Waals surface area (Å²) in [5, 5.41) is 5.04. The van der Waals surface area contributed by atoms with Crippen molar-refractivity contribution in [2.75, 3.05) is 44.9 Å². The van der Waals surface area contributed by atoms with Crippen molar-refractivity contribution in [3.05, 3.63) is 65.2 Å². The molecular formula is C24H26ClFN6. The third kappa shape index (κ3) is 4.13. The van der Waals surface area contributed by atoms with Gasteiger partial charge in [-0.05, 0) is 56.9 Å². The summed E-state index contributed by atoms with van der Waals surface area (Å²) in [5.74, 6) is 0.0993. The number of fused-ring (bicyclic) bond motifs is 1. The summed E-state index contributed by atoms with van der Waals surface area (Å²) in [6, 6.07) is 12.5. The lowest BCUT2D eigenvalue weighted by molar-refractivity contribution is 0.416. The number of rotatable bonds is 6. The summed E-state index contributed by atoms with van der Waals surface area (Å²) in [6.45, 7) is 3.59. The number of hydrogen-bond acceptors (Lipinski definition) is 5. The zero-order valence-electron chi connectivity index (χ0n) is 18.6. The van der Waals surface area contributed by atoms with E-state index in [1.54, 1.807) is 22.8 Å². The van der Waals surface area contributed by atoms with Crippen molar-refractivity contribution < 1.29 is 4.39 Å². The van der Waals surface area contributed by atoms with E-state index < -0.39 is 0 Å². The van der Waals surface area contributed by atoms with Gasteiger partial charge in [0.1, 0.15) is 11.6 Å². The van der Waals surface area contributed by atoms with E-state index in [1.165, 1.54) is 6.07 Å². The molecule has 2 aromatic heterocycles. The summed E-state index contributed by atoms with van der Waals surface area (Å²) in [6.07, 6.45) is 1.61. The molecule has 0 unspecified atom stereocenters. The first-order valence-corrected chi connectivity index (χ1v) is 10.7. The molecule has 4 aromatic rings. The standard InChI is InChI=1S/C24H26ClFN6/c1-15-22(16-6-5-7-17(25)12-16)23(27)32-24(29-15)20(14-28-32)19-13-18(8-9-21(19)26)31(4)11-10-30(2)3/h5-9,12-14H,10-11,27H2,1-4H3. The molecule has 6 nitrogen and oxygen atoms in total. The first-order valence-electron chi connectivity index (χ1n) is 10.3. The highest BCUT2D eigenvalue weighted by Gasteiger charge is 2.19. The number of halogens is 2. The number of nitrogens with two attached hydrogens (primary N) is 1. The molecule has 4 rings (SSSR count). The molecule has 0 aliphatic heterocycles. The normalized spacial score (nSPS) is 11.5. The molecule has 0 saturated heterocycles. The number of nitrogens with zero attached hydrogens (tertiary/aromatic N) is 5. The number of aromatic nitrogens is 3. The Kier molecular flexibility index (Phi) is 6.04. The molecule has 8 heteroatoms. The average molecular weight is 453 g/mol. The Balaban J connectivity index is 1.81. The Morgan fingerprint density at radius 1 is 1.06 bits per heavy atom. The summed E-state index contributed by atoms with van der Waals surface area (Å²) >= 11 is 6.17. The lowest BCUT2D eigenvalue weighted by Crippen LogP contribution is -2.28. The highest BCUT2D eigenvalue weighted by Crippen LogP contribution is 2.35. The molecule has 32 heavy (non-hydrogen) atoms. The minimum atomic E-state index is -0.332. The lowest BCUT2D eigenvalue weighted by atomic mass is 10.0. The SMILES string of the molecule is Cc1nc2c(-c3cc(N(C)CCN(C)C)ccc3F)cnn2c(N)c1-c1cccc(Cl)c1. The summed E-state index contributed by atoms with van der Waals surface area (Å²) < 4.78 is 16.4. The van der Waals surface area contributed by atoms with Crippen LogP contribution in [0.5, 0.6) is 0 Å². The highest BCUT2D eigenvalue weighted by atomic mass is 35.5. The maximum Gasteiger partial charge on any atom is 0.165 e. The third-order valence-electron chi connectivity index (χ3n) is 5.54. The molecule has 2 N–H and O–H groups in total. The molecule has 0 aliphatic rings. The number of likely N-dealkylation sites (N-methyl/N-ethyl adjacent to an activating group) is 2.